The molecule has 1 aliphatic carbocycles. The lowest BCUT2D eigenvalue weighted by atomic mass is 9.83. The molecular formula is C12H16BrNO4S. The van der Waals surface area contributed by atoms with Gasteiger partial charge in [0.25, 0.3) is 0 Å². The van der Waals surface area contributed by atoms with Crippen molar-refractivity contribution >= 4 is 26.0 Å². The molecule has 7 heteroatoms. The minimum Gasteiger partial charge on any atom is -0.496 e. The Bertz CT molecular complexity index is 555. The van der Waals surface area contributed by atoms with Gasteiger partial charge in [-0.15, -0.1) is 0 Å². The predicted octanol–water partition coefficient (Wildman–Crippen LogP) is 1.51. The average molecular weight is 350 g/mol. The Hall–Kier alpha value is -0.630. The summed E-state index contributed by atoms with van der Waals surface area (Å²) in [5.41, 5.74) is 0. The van der Waals surface area contributed by atoms with Crippen LogP contribution in [0.4, 0.5) is 0 Å². The second-order valence-electron chi connectivity index (χ2n) is 4.64. The fourth-order valence-electron chi connectivity index (χ4n) is 1.99. The van der Waals surface area contributed by atoms with Crippen LogP contribution in [0, 0.1) is 5.92 Å². The molecule has 5 nitrogen and oxygen atoms in total. The van der Waals surface area contributed by atoms with Crippen LogP contribution in [0.25, 0.3) is 0 Å². The Morgan fingerprint density at radius 1 is 1.47 bits per heavy atom. The molecule has 0 saturated heterocycles. The second-order valence-corrected chi connectivity index (χ2v) is 7.26. The van der Waals surface area contributed by atoms with E-state index in [1.54, 1.807) is 6.07 Å². The summed E-state index contributed by atoms with van der Waals surface area (Å²) in [4.78, 5) is 0.194. The van der Waals surface area contributed by atoms with Gasteiger partial charge in [0.1, 0.15) is 5.75 Å². The maximum atomic E-state index is 12.1. The van der Waals surface area contributed by atoms with Gasteiger partial charge in [0, 0.05) is 6.54 Å². The normalized spacial score (nSPS) is 22.9. The van der Waals surface area contributed by atoms with Crippen molar-refractivity contribution in [3.05, 3.63) is 22.7 Å². The third-order valence-electron chi connectivity index (χ3n) is 3.21. The number of aliphatic hydroxyl groups excluding tert-OH is 1. The van der Waals surface area contributed by atoms with E-state index in [-0.39, 0.29) is 16.9 Å². The van der Waals surface area contributed by atoms with Gasteiger partial charge < -0.3 is 9.84 Å². The average Bonchev–Trinajstić information content (AvgIpc) is 2.33. The molecule has 1 fully saturated rings. The van der Waals surface area contributed by atoms with Gasteiger partial charge >= 0.3 is 0 Å². The van der Waals surface area contributed by atoms with Crippen LogP contribution < -0.4 is 9.46 Å². The van der Waals surface area contributed by atoms with Crippen LogP contribution in [-0.4, -0.2) is 33.3 Å². The van der Waals surface area contributed by atoms with Crippen LogP contribution in [0.3, 0.4) is 0 Å². The van der Waals surface area contributed by atoms with Gasteiger partial charge in [-0.1, -0.05) is 0 Å². The summed E-state index contributed by atoms with van der Waals surface area (Å²) in [5.74, 6) is 0.813. The topological polar surface area (TPSA) is 75.6 Å². The summed E-state index contributed by atoms with van der Waals surface area (Å²) in [6.45, 7) is 0.364. The molecule has 1 aromatic carbocycles. The Balaban J connectivity index is 2.04. The molecule has 1 aliphatic rings. The summed E-state index contributed by atoms with van der Waals surface area (Å²) >= 11 is 3.26. The Kier molecular flexibility index (Phi) is 4.50. The molecule has 1 saturated carbocycles. The zero-order valence-corrected chi connectivity index (χ0v) is 12.9. The molecule has 0 spiro atoms. The highest BCUT2D eigenvalue weighted by Gasteiger charge is 2.28. The van der Waals surface area contributed by atoms with Crippen LogP contribution in [0.1, 0.15) is 12.8 Å². The Labute approximate surface area is 121 Å². The third kappa shape index (κ3) is 3.47. The highest BCUT2D eigenvalue weighted by molar-refractivity contribution is 9.10. The number of aliphatic hydroxyl groups is 1. The van der Waals surface area contributed by atoms with Crippen LogP contribution in [-0.2, 0) is 10.0 Å². The van der Waals surface area contributed by atoms with Crippen molar-refractivity contribution in [2.24, 2.45) is 5.92 Å². The standard InChI is InChI=1S/C12H16BrNO4S/c1-18-12-3-2-10(6-11(12)13)19(16,17)14-7-8-4-9(15)5-8/h2-3,6,8-9,14-15H,4-5,7H2,1H3. The first-order valence-electron chi connectivity index (χ1n) is 5.93. The number of ether oxygens (including phenoxy) is 1. The van der Waals surface area contributed by atoms with Crippen LogP contribution in [0.15, 0.2) is 27.6 Å². The number of rotatable bonds is 5. The van der Waals surface area contributed by atoms with Crippen LogP contribution in [0.5, 0.6) is 5.75 Å². The fourth-order valence-corrected chi connectivity index (χ4v) is 3.83. The van der Waals surface area contributed by atoms with Gasteiger partial charge in [0.05, 0.1) is 22.6 Å². The number of benzene rings is 1. The van der Waals surface area contributed by atoms with Gasteiger partial charge in [0.2, 0.25) is 10.0 Å². The molecular weight excluding hydrogens is 334 g/mol. The Morgan fingerprint density at radius 3 is 2.68 bits per heavy atom. The SMILES string of the molecule is COc1ccc(S(=O)(=O)NCC2CC(O)C2)cc1Br. The molecule has 19 heavy (non-hydrogen) atoms. The van der Waals surface area contributed by atoms with E-state index in [0.717, 1.165) is 0 Å². The molecule has 1 aromatic rings. The molecule has 0 aromatic heterocycles. The second kappa shape index (κ2) is 5.78. The first-order chi connectivity index (χ1) is 8.92. The summed E-state index contributed by atoms with van der Waals surface area (Å²) in [5, 5.41) is 9.16. The van der Waals surface area contributed by atoms with Gasteiger partial charge in [-0.2, -0.15) is 0 Å². The van der Waals surface area contributed by atoms with E-state index < -0.39 is 10.0 Å². The molecule has 0 amide bonds. The van der Waals surface area contributed by atoms with Crippen molar-refractivity contribution < 1.29 is 18.3 Å². The number of sulfonamides is 1. The molecule has 106 valence electrons. The molecule has 0 unspecified atom stereocenters. The number of halogens is 1. The molecule has 2 N–H and O–H groups in total. The highest BCUT2D eigenvalue weighted by Crippen LogP contribution is 2.29. The third-order valence-corrected chi connectivity index (χ3v) is 5.25. The van der Waals surface area contributed by atoms with Crippen molar-refractivity contribution in [2.75, 3.05) is 13.7 Å². The van der Waals surface area contributed by atoms with Crippen LogP contribution in [0.2, 0.25) is 0 Å². The lowest BCUT2D eigenvalue weighted by Crippen LogP contribution is -2.38. The zero-order valence-electron chi connectivity index (χ0n) is 10.5. The smallest absolute Gasteiger partial charge is 0.240 e. The number of hydrogen-bond donors (Lipinski definition) is 2. The number of hydrogen-bond acceptors (Lipinski definition) is 4. The van der Waals surface area contributed by atoms with Gasteiger partial charge in [-0.05, 0) is 52.9 Å². The maximum Gasteiger partial charge on any atom is 0.240 e. The monoisotopic (exact) mass is 349 g/mol. The summed E-state index contributed by atoms with van der Waals surface area (Å²) in [7, 11) is -1.99. The van der Waals surface area contributed by atoms with E-state index >= 15 is 0 Å². The summed E-state index contributed by atoms with van der Waals surface area (Å²) in [6, 6.07) is 4.62. The highest BCUT2D eigenvalue weighted by atomic mass is 79.9. The minimum absolute atomic E-state index is 0.194. The van der Waals surface area contributed by atoms with E-state index in [2.05, 4.69) is 20.7 Å². The lowest BCUT2D eigenvalue weighted by Gasteiger charge is -2.31. The summed E-state index contributed by atoms with van der Waals surface area (Å²) < 4.78 is 32.4. The van der Waals surface area contributed by atoms with Gasteiger partial charge in [-0.25, -0.2) is 13.1 Å². The van der Waals surface area contributed by atoms with E-state index in [1.807, 2.05) is 0 Å². The van der Waals surface area contributed by atoms with Crippen molar-refractivity contribution in [2.45, 2.75) is 23.8 Å². The van der Waals surface area contributed by atoms with E-state index in [0.29, 0.717) is 29.6 Å². The fraction of sp³-hybridized carbons (Fsp3) is 0.500. The first-order valence-corrected chi connectivity index (χ1v) is 8.21. The van der Waals surface area contributed by atoms with E-state index in [4.69, 9.17) is 9.84 Å². The van der Waals surface area contributed by atoms with Crippen molar-refractivity contribution in [3.8, 4) is 5.75 Å². The zero-order chi connectivity index (χ0) is 14.0. The lowest BCUT2D eigenvalue weighted by molar-refractivity contribution is 0.0453. The van der Waals surface area contributed by atoms with E-state index in [9.17, 15) is 8.42 Å². The van der Waals surface area contributed by atoms with Crippen molar-refractivity contribution in [1.29, 1.82) is 0 Å². The molecule has 0 atom stereocenters. The molecule has 2 rings (SSSR count). The molecule has 0 bridgehead atoms. The quantitative estimate of drug-likeness (QED) is 0.844. The number of methoxy groups -OCH3 is 1. The van der Waals surface area contributed by atoms with Crippen molar-refractivity contribution in [3.63, 3.8) is 0 Å². The summed E-state index contributed by atoms with van der Waals surface area (Å²) in [6.07, 6.45) is 1.05. The minimum atomic E-state index is -3.51. The number of nitrogens with one attached hydrogen (secondary N) is 1. The molecule has 0 heterocycles. The largest absolute Gasteiger partial charge is 0.496 e. The van der Waals surface area contributed by atoms with Gasteiger partial charge in [-0.3, -0.25) is 0 Å². The molecule has 0 radical (unpaired) electrons. The van der Waals surface area contributed by atoms with Gasteiger partial charge in [0.15, 0.2) is 0 Å². The van der Waals surface area contributed by atoms with Crippen LogP contribution >= 0.6 is 15.9 Å². The molecule has 0 aliphatic heterocycles. The first kappa shape index (κ1) is 14.8. The Morgan fingerprint density at radius 2 is 2.16 bits per heavy atom. The van der Waals surface area contributed by atoms with E-state index in [1.165, 1.54) is 19.2 Å². The predicted molar refractivity (Wildman–Crippen MR) is 74.6 cm³/mol. The van der Waals surface area contributed by atoms with Crippen molar-refractivity contribution in [1.82, 2.24) is 4.72 Å². The maximum absolute atomic E-state index is 12.1.